The first-order valence-electron chi connectivity index (χ1n) is 3.59. The van der Waals surface area contributed by atoms with E-state index >= 15 is 0 Å². The molecule has 0 saturated carbocycles. The van der Waals surface area contributed by atoms with Crippen LogP contribution in [0.4, 0.5) is 0 Å². The Labute approximate surface area is 76.3 Å². The van der Waals surface area contributed by atoms with Crippen molar-refractivity contribution in [3.8, 4) is 0 Å². The predicted molar refractivity (Wildman–Crippen MR) is 45.9 cm³/mol. The van der Waals surface area contributed by atoms with Crippen molar-refractivity contribution >= 4 is 10.2 Å². The number of nitrogens with two attached hydrogens (primary N) is 1. The van der Waals surface area contributed by atoms with E-state index in [1.807, 2.05) is 0 Å². The zero-order chi connectivity index (χ0) is 10.1. The molecule has 3 N–H and O–H groups in total. The lowest BCUT2D eigenvalue weighted by molar-refractivity contribution is 0.466. The van der Waals surface area contributed by atoms with Crippen molar-refractivity contribution in [2.24, 2.45) is 5.14 Å². The molecular weight excluding hydrogens is 194 g/mol. The highest BCUT2D eigenvalue weighted by atomic mass is 32.2. The van der Waals surface area contributed by atoms with Crippen LogP contribution in [0, 0.1) is 13.8 Å². The molecule has 0 aliphatic rings. The van der Waals surface area contributed by atoms with E-state index in [1.54, 1.807) is 13.8 Å². The Hall–Kier alpha value is -0.920. The quantitative estimate of drug-likeness (QED) is 0.700. The summed E-state index contributed by atoms with van der Waals surface area (Å²) in [7, 11) is -3.67. The number of oxazole rings is 1. The Morgan fingerprint density at radius 2 is 2.15 bits per heavy atom. The average molecular weight is 205 g/mol. The minimum atomic E-state index is -3.67. The third-order valence-corrected chi connectivity index (χ3v) is 1.98. The Balaban J connectivity index is 2.70. The van der Waals surface area contributed by atoms with E-state index < -0.39 is 10.2 Å². The summed E-state index contributed by atoms with van der Waals surface area (Å²) in [6, 6.07) is 0. The Morgan fingerprint density at radius 3 is 2.54 bits per heavy atom. The number of rotatable bonds is 3. The van der Waals surface area contributed by atoms with E-state index in [1.165, 1.54) is 0 Å². The number of hydrogen-bond acceptors (Lipinski definition) is 4. The van der Waals surface area contributed by atoms with Gasteiger partial charge < -0.3 is 4.42 Å². The third-order valence-electron chi connectivity index (χ3n) is 1.43. The summed E-state index contributed by atoms with van der Waals surface area (Å²) >= 11 is 0. The zero-order valence-electron chi connectivity index (χ0n) is 7.36. The molecule has 1 aromatic rings. The van der Waals surface area contributed by atoms with Gasteiger partial charge in [0.2, 0.25) is 0 Å². The number of aromatic nitrogens is 1. The molecule has 0 bridgehead atoms. The van der Waals surface area contributed by atoms with Crippen LogP contribution in [0.25, 0.3) is 0 Å². The van der Waals surface area contributed by atoms with Crippen LogP contribution in [-0.4, -0.2) is 13.4 Å². The first kappa shape index (κ1) is 10.2. The number of nitrogens with one attached hydrogen (secondary N) is 1. The monoisotopic (exact) mass is 205 g/mol. The molecule has 0 aliphatic carbocycles. The van der Waals surface area contributed by atoms with Gasteiger partial charge in [0.05, 0.1) is 12.2 Å². The van der Waals surface area contributed by atoms with Crippen molar-refractivity contribution in [3.05, 3.63) is 17.3 Å². The summed E-state index contributed by atoms with van der Waals surface area (Å²) < 4.78 is 28.3. The lowest BCUT2D eigenvalue weighted by Gasteiger charge is -1.98. The van der Waals surface area contributed by atoms with E-state index in [2.05, 4.69) is 9.71 Å². The molecular formula is C6H11N3O3S. The Bertz CT molecular complexity index is 395. The highest BCUT2D eigenvalue weighted by Gasteiger charge is 2.08. The van der Waals surface area contributed by atoms with Gasteiger partial charge in [-0.25, -0.2) is 10.1 Å². The van der Waals surface area contributed by atoms with Crippen LogP contribution in [0.3, 0.4) is 0 Å². The zero-order valence-corrected chi connectivity index (χ0v) is 8.18. The van der Waals surface area contributed by atoms with Crippen molar-refractivity contribution in [3.63, 3.8) is 0 Å². The molecule has 0 amide bonds. The van der Waals surface area contributed by atoms with Gasteiger partial charge in [-0.2, -0.15) is 13.1 Å². The van der Waals surface area contributed by atoms with Gasteiger partial charge >= 0.3 is 0 Å². The molecule has 0 aromatic carbocycles. The molecule has 13 heavy (non-hydrogen) atoms. The number of nitrogens with zero attached hydrogens (tertiary/aromatic N) is 1. The summed E-state index contributed by atoms with van der Waals surface area (Å²) in [5.41, 5.74) is 0.661. The molecule has 0 spiro atoms. The largest absolute Gasteiger partial charge is 0.444 e. The maximum absolute atomic E-state index is 10.5. The minimum absolute atomic E-state index is 0.0332. The third kappa shape index (κ3) is 3.13. The van der Waals surface area contributed by atoms with Gasteiger partial charge in [-0.1, -0.05) is 0 Å². The highest BCUT2D eigenvalue weighted by molar-refractivity contribution is 7.87. The minimum Gasteiger partial charge on any atom is -0.444 e. The van der Waals surface area contributed by atoms with Gasteiger partial charge in [0.25, 0.3) is 10.2 Å². The van der Waals surface area contributed by atoms with Crippen LogP contribution in [0.1, 0.15) is 17.3 Å². The van der Waals surface area contributed by atoms with Crippen molar-refractivity contribution in [2.75, 3.05) is 0 Å². The second-order valence-electron chi connectivity index (χ2n) is 2.61. The van der Waals surface area contributed by atoms with Gasteiger partial charge in [0.15, 0.2) is 5.89 Å². The molecule has 74 valence electrons. The van der Waals surface area contributed by atoms with Gasteiger partial charge in [-0.05, 0) is 6.92 Å². The van der Waals surface area contributed by atoms with Gasteiger partial charge in [0.1, 0.15) is 5.76 Å². The fourth-order valence-electron chi connectivity index (χ4n) is 0.904. The number of hydrogen-bond donors (Lipinski definition) is 2. The second kappa shape index (κ2) is 3.44. The van der Waals surface area contributed by atoms with Crippen molar-refractivity contribution in [2.45, 2.75) is 20.4 Å². The van der Waals surface area contributed by atoms with Gasteiger partial charge in [-0.3, -0.25) is 0 Å². The average Bonchev–Trinajstić information content (AvgIpc) is 2.24. The molecule has 7 heteroatoms. The maximum Gasteiger partial charge on any atom is 0.274 e. The lowest BCUT2D eigenvalue weighted by Crippen LogP contribution is -2.30. The molecule has 0 fully saturated rings. The predicted octanol–water partition coefficient (Wildman–Crippen LogP) is -0.415. The molecule has 1 aromatic heterocycles. The van der Waals surface area contributed by atoms with Crippen LogP contribution in [-0.2, 0) is 16.8 Å². The van der Waals surface area contributed by atoms with E-state index in [4.69, 9.17) is 9.56 Å². The van der Waals surface area contributed by atoms with E-state index in [9.17, 15) is 8.42 Å². The van der Waals surface area contributed by atoms with Crippen LogP contribution < -0.4 is 9.86 Å². The lowest BCUT2D eigenvalue weighted by atomic mass is 10.4. The van der Waals surface area contributed by atoms with E-state index in [0.29, 0.717) is 17.3 Å². The first-order chi connectivity index (χ1) is 5.88. The number of aryl methyl sites for hydroxylation is 2. The summed E-state index contributed by atoms with van der Waals surface area (Å²) in [5.74, 6) is 0.982. The van der Waals surface area contributed by atoms with Gasteiger partial charge in [0, 0.05) is 6.92 Å². The smallest absolute Gasteiger partial charge is 0.274 e. The van der Waals surface area contributed by atoms with E-state index in [-0.39, 0.29) is 6.54 Å². The SMILES string of the molecule is Cc1nc(C)c(CNS(N)(=O)=O)o1. The van der Waals surface area contributed by atoms with Crippen LogP contribution in [0.5, 0.6) is 0 Å². The molecule has 0 radical (unpaired) electrons. The molecule has 0 unspecified atom stereocenters. The molecule has 1 rings (SSSR count). The van der Waals surface area contributed by atoms with Crippen molar-refractivity contribution < 1.29 is 12.8 Å². The second-order valence-corrected chi connectivity index (χ2v) is 3.99. The molecule has 0 saturated heterocycles. The van der Waals surface area contributed by atoms with Crippen molar-refractivity contribution in [1.29, 1.82) is 0 Å². The molecule has 6 nitrogen and oxygen atoms in total. The van der Waals surface area contributed by atoms with E-state index in [0.717, 1.165) is 0 Å². The van der Waals surface area contributed by atoms with Crippen LogP contribution >= 0.6 is 0 Å². The van der Waals surface area contributed by atoms with Crippen LogP contribution in [0.2, 0.25) is 0 Å². The Kier molecular flexibility index (Phi) is 2.69. The topological polar surface area (TPSA) is 98.2 Å². The molecule has 0 aliphatic heterocycles. The fraction of sp³-hybridized carbons (Fsp3) is 0.500. The van der Waals surface area contributed by atoms with Gasteiger partial charge in [-0.15, -0.1) is 0 Å². The standard InChI is InChI=1S/C6H11N3O3S/c1-4-6(12-5(2)9-4)3-8-13(7,10)11/h8H,3H2,1-2H3,(H2,7,10,11). The fourth-order valence-corrected chi connectivity index (χ4v) is 1.24. The summed E-state index contributed by atoms with van der Waals surface area (Å²) in [4.78, 5) is 3.97. The van der Waals surface area contributed by atoms with Crippen LogP contribution in [0.15, 0.2) is 4.42 Å². The maximum atomic E-state index is 10.5. The molecule has 0 atom stereocenters. The summed E-state index contributed by atoms with van der Waals surface area (Å²) in [6.07, 6.45) is 0. The summed E-state index contributed by atoms with van der Waals surface area (Å²) in [5, 5.41) is 4.74. The first-order valence-corrected chi connectivity index (χ1v) is 5.13. The summed E-state index contributed by atoms with van der Waals surface area (Å²) in [6.45, 7) is 3.45. The Morgan fingerprint density at radius 1 is 1.54 bits per heavy atom. The molecule has 1 heterocycles. The normalized spacial score (nSPS) is 11.9. The van der Waals surface area contributed by atoms with Crippen molar-refractivity contribution in [1.82, 2.24) is 9.71 Å². The highest BCUT2D eigenvalue weighted by Crippen LogP contribution is 2.08.